The first kappa shape index (κ1) is 14.1. The van der Waals surface area contributed by atoms with Crippen LogP contribution in [0, 0.1) is 0 Å². The van der Waals surface area contributed by atoms with E-state index < -0.39 is 0 Å². The van der Waals surface area contributed by atoms with Crippen LogP contribution in [0.3, 0.4) is 0 Å². The fourth-order valence-corrected chi connectivity index (χ4v) is 0.729. The van der Waals surface area contributed by atoms with Crippen molar-refractivity contribution in [3.63, 3.8) is 0 Å². The van der Waals surface area contributed by atoms with E-state index in [0.717, 1.165) is 0 Å². The van der Waals surface area contributed by atoms with Crippen molar-refractivity contribution in [1.29, 1.82) is 0 Å². The molecule has 0 aliphatic carbocycles. The summed E-state index contributed by atoms with van der Waals surface area (Å²) in [6.07, 6.45) is 5.26. The zero-order chi connectivity index (χ0) is 6.95. The Morgan fingerprint density at radius 3 is 1.60 bits per heavy atom. The van der Waals surface area contributed by atoms with Gasteiger partial charge in [-0.2, -0.15) is 0 Å². The van der Waals surface area contributed by atoms with Gasteiger partial charge in [0.2, 0.25) is 0 Å². The fraction of sp³-hybridized carbons (Fsp3) is 1.00. The Kier molecular flexibility index (Phi) is 18.7. The van der Waals surface area contributed by atoms with E-state index in [1.807, 2.05) is 0 Å². The summed E-state index contributed by atoms with van der Waals surface area (Å²) in [5.41, 5.74) is 0. The third-order valence-corrected chi connectivity index (χ3v) is 1.41. The van der Waals surface area contributed by atoms with Gasteiger partial charge >= 0.3 is 51.4 Å². The average molecular weight is 169 g/mol. The monoisotopic (exact) mass is 169 g/mol. The average Bonchev–Trinajstić information content (AvgIpc) is 1.89. The molecule has 0 spiro atoms. The first-order valence-electron chi connectivity index (χ1n) is 4.12. The van der Waals surface area contributed by atoms with Gasteiger partial charge < -0.3 is 5.32 Å². The summed E-state index contributed by atoms with van der Waals surface area (Å²) in [4.78, 5) is 0. The van der Waals surface area contributed by atoms with Gasteiger partial charge in [-0.3, -0.25) is 0 Å². The van der Waals surface area contributed by atoms with Crippen molar-refractivity contribution in [2.75, 3.05) is 13.1 Å². The van der Waals surface area contributed by atoms with E-state index in [1.165, 1.54) is 38.8 Å². The van der Waals surface area contributed by atoms with Crippen LogP contribution in [0.1, 0.15) is 39.5 Å². The molecule has 1 N–H and O–H groups in total. The molecule has 1 nitrogen and oxygen atoms in total. The zero-order valence-corrected chi connectivity index (χ0v) is 6.74. The second-order valence-electron chi connectivity index (χ2n) is 2.46. The second kappa shape index (κ2) is 13.2. The molecule has 0 aliphatic heterocycles. The number of unbranched alkanes of at least 4 members (excludes halogenated alkanes) is 2. The summed E-state index contributed by atoms with van der Waals surface area (Å²) in [5, 5.41) is 3.39. The van der Waals surface area contributed by atoms with Crippen LogP contribution in [-0.4, -0.2) is 64.5 Å². The van der Waals surface area contributed by atoms with Crippen molar-refractivity contribution in [1.82, 2.24) is 5.32 Å². The predicted octanol–water partition coefficient (Wildman–Crippen LogP) is 1.53. The normalized spacial score (nSPS) is 9.00. The topological polar surface area (TPSA) is 12.0 Å². The van der Waals surface area contributed by atoms with Crippen molar-refractivity contribution in [3.8, 4) is 0 Å². The molecule has 0 aliphatic rings. The SMILES string of the molecule is CCCCNCCCC.[KH]. The number of rotatable bonds is 6. The second-order valence-corrected chi connectivity index (χ2v) is 2.46. The van der Waals surface area contributed by atoms with Crippen LogP contribution in [0.15, 0.2) is 0 Å². The third kappa shape index (κ3) is 12.3. The first-order chi connectivity index (χ1) is 4.41. The summed E-state index contributed by atoms with van der Waals surface area (Å²) in [5.74, 6) is 0. The van der Waals surface area contributed by atoms with E-state index in [9.17, 15) is 0 Å². The standard InChI is InChI=1S/C8H19N.K.H/c1-3-5-7-9-8-6-4-2;;/h9H,3-8H2,1-2H3;;. The number of nitrogens with one attached hydrogen (secondary N) is 1. The summed E-state index contributed by atoms with van der Waals surface area (Å²) >= 11 is 0. The van der Waals surface area contributed by atoms with E-state index in [0.29, 0.717) is 0 Å². The fourth-order valence-electron chi connectivity index (χ4n) is 0.729. The van der Waals surface area contributed by atoms with Gasteiger partial charge in [0.15, 0.2) is 0 Å². The molecule has 0 saturated carbocycles. The Hall–Kier alpha value is 1.60. The van der Waals surface area contributed by atoms with Crippen LogP contribution in [0.4, 0.5) is 0 Å². The molecule has 0 radical (unpaired) electrons. The van der Waals surface area contributed by atoms with Gasteiger partial charge in [-0.15, -0.1) is 0 Å². The zero-order valence-electron chi connectivity index (χ0n) is 6.74. The molecular weight excluding hydrogens is 149 g/mol. The van der Waals surface area contributed by atoms with Gasteiger partial charge in [0.25, 0.3) is 0 Å². The molecular formula is C8H20KN. The van der Waals surface area contributed by atoms with Gasteiger partial charge in [0.1, 0.15) is 0 Å². The van der Waals surface area contributed by atoms with Gasteiger partial charge in [-0.25, -0.2) is 0 Å². The summed E-state index contributed by atoms with van der Waals surface area (Å²) in [6, 6.07) is 0. The Bertz CT molecular complexity index is 42.5. The summed E-state index contributed by atoms with van der Waals surface area (Å²) < 4.78 is 0. The first-order valence-corrected chi connectivity index (χ1v) is 4.12. The molecule has 0 amide bonds. The Morgan fingerprint density at radius 1 is 0.900 bits per heavy atom. The number of hydrogen-bond acceptors (Lipinski definition) is 1. The predicted molar refractivity (Wildman–Crippen MR) is 49.8 cm³/mol. The molecule has 0 atom stereocenters. The third-order valence-electron chi connectivity index (χ3n) is 1.41. The maximum atomic E-state index is 3.39. The maximum absolute atomic E-state index is 3.39. The molecule has 0 aromatic carbocycles. The van der Waals surface area contributed by atoms with Crippen LogP contribution in [0.2, 0.25) is 0 Å². The van der Waals surface area contributed by atoms with Crippen molar-refractivity contribution in [2.45, 2.75) is 39.5 Å². The van der Waals surface area contributed by atoms with Gasteiger partial charge in [-0.05, 0) is 25.9 Å². The molecule has 2 heteroatoms. The summed E-state index contributed by atoms with van der Waals surface area (Å²) in [7, 11) is 0. The van der Waals surface area contributed by atoms with Gasteiger partial charge in [0.05, 0.1) is 0 Å². The van der Waals surface area contributed by atoms with Crippen molar-refractivity contribution in [3.05, 3.63) is 0 Å². The molecule has 0 rings (SSSR count). The molecule has 58 valence electrons. The Morgan fingerprint density at radius 2 is 1.30 bits per heavy atom. The molecule has 0 heterocycles. The molecule has 0 saturated heterocycles. The minimum absolute atomic E-state index is 0. The Balaban J connectivity index is 0. The Labute approximate surface area is 108 Å². The van der Waals surface area contributed by atoms with Crippen LogP contribution in [0.5, 0.6) is 0 Å². The van der Waals surface area contributed by atoms with E-state index in [1.54, 1.807) is 0 Å². The van der Waals surface area contributed by atoms with Crippen molar-refractivity contribution >= 4 is 51.4 Å². The number of hydrogen-bond donors (Lipinski definition) is 1. The molecule has 0 unspecified atom stereocenters. The quantitative estimate of drug-likeness (QED) is 0.470. The van der Waals surface area contributed by atoms with E-state index in [-0.39, 0.29) is 51.4 Å². The van der Waals surface area contributed by atoms with Crippen molar-refractivity contribution in [2.24, 2.45) is 0 Å². The molecule has 0 aromatic heterocycles. The minimum atomic E-state index is 0. The van der Waals surface area contributed by atoms with Crippen LogP contribution in [0.25, 0.3) is 0 Å². The molecule has 0 bridgehead atoms. The van der Waals surface area contributed by atoms with Crippen LogP contribution >= 0.6 is 0 Å². The van der Waals surface area contributed by atoms with Crippen molar-refractivity contribution < 1.29 is 0 Å². The van der Waals surface area contributed by atoms with E-state index >= 15 is 0 Å². The van der Waals surface area contributed by atoms with Crippen LogP contribution in [-0.2, 0) is 0 Å². The van der Waals surface area contributed by atoms with E-state index in [4.69, 9.17) is 0 Å². The molecule has 0 fully saturated rings. The molecule has 0 aromatic rings. The summed E-state index contributed by atoms with van der Waals surface area (Å²) in [6.45, 7) is 6.86. The van der Waals surface area contributed by atoms with E-state index in [2.05, 4.69) is 19.2 Å². The van der Waals surface area contributed by atoms with Gasteiger partial charge in [-0.1, -0.05) is 26.7 Å². The van der Waals surface area contributed by atoms with Crippen LogP contribution < -0.4 is 5.32 Å². The van der Waals surface area contributed by atoms with Gasteiger partial charge in [0, 0.05) is 0 Å². The molecule has 10 heavy (non-hydrogen) atoms.